The van der Waals surface area contributed by atoms with Crippen LogP contribution in [0.25, 0.3) is 82.4 Å². The van der Waals surface area contributed by atoms with Crippen LogP contribution in [-0.2, 0) is 5.41 Å². The molecule has 1 heterocycles. The zero-order chi connectivity index (χ0) is 40.7. The molecular weight excluding hydrogens is 737 g/mol. The van der Waals surface area contributed by atoms with Crippen molar-refractivity contribution in [2.75, 3.05) is 4.90 Å². The molecule has 288 valence electrons. The van der Waals surface area contributed by atoms with E-state index >= 15 is 0 Å². The molecule has 1 aliphatic rings. The van der Waals surface area contributed by atoms with Gasteiger partial charge in [0, 0.05) is 38.1 Å². The third-order valence-electron chi connectivity index (χ3n) is 13.2. The molecule has 61 heavy (non-hydrogen) atoms. The number of fused-ring (bicyclic) bond motifs is 8. The quantitative estimate of drug-likeness (QED) is 0.163. The van der Waals surface area contributed by atoms with E-state index in [-0.39, 0.29) is 5.41 Å². The molecule has 2 nitrogen and oxygen atoms in total. The van der Waals surface area contributed by atoms with Gasteiger partial charge in [0.2, 0.25) is 0 Å². The van der Waals surface area contributed by atoms with Gasteiger partial charge in [-0.1, -0.05) is 190 Å². The van der Waals surface area contributed by atoms with E-state index in [4.69, 9.17) is 0 Å². The van der Waals surface area contributed by atoms with Crippen molar-refractivity contribution in [1.29, 1.82) is 0 Å². The minimum absolute atomic E-state index is 0.0839. The highest BCUT2D eigenvalue weighted by atomic mass is 15.1. The Morgan fingerprint density at radius 2 is 0.885 bits per heavy atom. The number of para-hydroxylation sites is 2. The van der Waals surface area contributed by atoms with Crippen LogP contribution in [0.15, 0.2) is 218 Å². The van der Waals surface area contributed by atoms with Gasteiger partial charge in [0.15, 0.2) is 0 Å². The Morgan fingerprint density at radius 3 is 1.66 bits per heavy atom. The van der Waals surface area contributed by atoms with Crippen molar-refractivity contribution in [2.24, 2.45) is 0 Å². The van der Waals surface area contributed by atoms with Crippen molar-refractivity contribution < 1.29 is 0 Å². The lowest BCUT2D eigenvalue weighted by Gasteiger charge is -2.30. The van der Waals surface area contributed by atoms with Crippen LogP contribution in [0.4, 0.5) is 17.1 Å². The standard InChI is InChI=1S/C59H42N2/c1-59(2)50-28-10-7-27-49(50)58-51(59)29-16-34-56(58)61-55-31-12-9-26-47(55)48-36-35-42(38-57(48)61)41-21-13-22-43(37-41)46-25-8-11-30-52(46)60(53-32-14-19-39-17-3-5-23-44(39)53)54-33-15-20-40-18-4-6-24-45(40)54/h3-38H,1-2H3. The summed E-state index contributed by atoms with van der Waals surface area (Å²) in [5.74, 6) is 0. The number of nitrogens with zero attached hydrogens (tertiary/aromatic N) is 2. The van der Waals surface area contributed by atoms with Crippen molar-refractivity contribution in [3.8, 4) is 39.1 Å². The minimum atomic E-state index is -0.0839. The maximum Gasteiger partial charge on any atom is 0.0547 e. The summed E-state index contributed by atoms with van der Waals surface area (Å²) in [6, 6.07) is 80.4. The molecule has 0 unspecified atom stereocenters. The van der Waals surface area contributed by atoms with E-state index < -0.39 is 0 Å². The molecule has 0 spiro atoms. The van der Waals surface area contributed by atoms with Gasteiger partial charge in [-0.25, -0.2) is 0 Å². The van der Waals surface area contributed by atoms with Gasteiger partial charge in [-0.05, 0) is 86.6 Å². The highest BCUT2D eigenvalue weighted by Gasteiger charge is 2.37. The summed E-state index contributed by atoms with van der Waals surface area (Å²) < 4.78 is 2.51. The molecule has 0 saturated carbocycles. The Hall–Kier alpha value is -7.68. The third-order valence-corrected chi connectivity index (χ3v) is 13.2. The van der Waals surface area contributed by atoms with E-state index in [2.05, 4.69) is 242 Å². The third kappa shape index (κ3) is 5.42. The molecule has 11 aromatic rings. The zero-order valence-electron chi connectivity index (χ0n) is 34.2. The molecule has 0 saturated heterocycles. The topological polar surface area (TPSA) is 8.17 Å². The van der Waals surface area contributed by atoms with Crippen molar-refractivity contribution in [1.82, 2.24) is 4.57 Å². The Balaban J connectivity index is 1.05. The second-order valence-corrected chi connectivity index (χ2v) is 16.9. The zero-order valence-corrected chi connectivity index (χ0v) is 34.2. The molecule has 2 heteroatoms. The second kappa shape index (κ2) is 13.7. The molecular formula is C59H42N2. The van der Waals surface area contributed by atoms with Gasteiger partial charge in [-0.15, -0.1) is 0 Å². The van der Waals surface area contributed by atoms with E-state index in [1.165, 1.54) is 93.5 Å². The first kappa shape index (κ1) is 35.3. The van der Waals surface area contributed by atoms with Gasteiger partial charge in [-0.3, -0.25) is 0 Å². The first-order valence-corrected chi connectivity index (χ1v) is 21.3. The fraction of sp³-hybridized carbons (Fsp3) is 0.0508. The van der Waals surface area contributed by atoms with E-state index in [1.807, 2.05) is 0 Å². The van der Waals surface area contributed by atoms with Crippen LogP contribution in [0.1, 0.15) is 25.0 Å². The monoisotopic (exact) mass is 778 g/mol. The van der Waals surface area contributed by atoms with Crippen LogP contribution in [0, 0.1) is 0 Å². The van der Waals surface area contributed by atoms with Gasteiger partial charge >= 0.3 is 0 Å². The van der Waals surface area contributed by atoms with Crippen LogP contribution >= 0.6 is 0 Å². The smallest absolute Gasteiger partial charge is 0.0547 e. The molecule has 0 N–H and O–H groups in total. The van der Waals surface area contributed by atoms with Gasteiger partial charge in [0.05, 0.1) is 33.8 Å². The summed E-state index contributed by atoms with van der Waals surface area (Å²) >= 11 is 0. The molecule has 0 bridgehead atoms. The molecule has 1 aliphatic carbocycles. The molecule has 0 atom stereocenters. The molecule has 12 rings (SSSR count). The molecule has 0 fully saturated rings. The SMILES string of the molecule is CC1(C)c2ccccc2-c2c(-n3c4ccccc4c4ccc(-c5cccc(-c6ccccc6N(c6cccc7ccccc67)c6cccc7ccccc67)c5)cc43)cccc21. The number of aromatic nitrogens is 1. The maximum atomic E-state index is 2.51. The van der Waals surface area contributed by atoms with Crippen molar-refractivity contribution >= 4 is 60.4 Å². The van der Waals surface area contributed by atoms with Gasteiger partial charge < -0.3 is 9.47 Å². The molecule has 0 amide bonds. The summed E-state index contributed by atoms with van der Waals surface area (Å²) in [7, 11) is 0. The van der Waals surface area contributed by atoms with Crippen molar-refractivity contribution in [3.05, 3.63) is 230 Å². The number of hydrogen-bond donors (Lipinski definition) is 0. The lowest BCUT2D eigenvalue weighted by molar-refractivity contribution is 0.660. The molecule has 1 aromatic heterocycles. The first-order chi connectivity index (χ1) is 30.0. The second-order valence-electron chi connectivity index (χ2n) is 16.9. The predicted octanol–water partition coefficient (Wildman–Crippen LogP) is 16.2. The van der Waals surface area contributed by atoms with E-state index in [9.17, 15) is 0 Å². The van der Waals surface area contributed by atoms with E-state index in [0.717, 1.165) is 17.1 Å². The summed E-state index contributed by atoms with van der Waals surface area (Å²) in [4.78, 5) is 2.47. The van der Waals surface area contributed by atoms with Gasteiger partial charge in [0.25, 0.3) is 0 Å². The average molecular weight is 779 g/mol. The number of benzene rings is 10. The molecule has 0 aliphatic heterocycles. The molecule has 10 aromatic carbocycles. The normalized spacial score (nSPS) is 12.9. The lowest BCUT2D eigenvalue weighted by Crippen LogP contribution is -2.14. The Kier molecular flexibility index (Phi) is 7.92. The van der Waals surface area contributed by atoms with Crippen LogP contribution < -0.4 is 4.90 Å². The Bertz CT molecular complexity index is 3440. The number of rotatable bonds is 6. The van der Waals surface area contributed by atoms with Gasteiger partial charge in [-0.2, -0.15) is 0 Å². The van der Waals surface area contributed by atoms with E-state index in [1.54, 1.807) is 0 Å². The van der Waals surface area contributed by atoms with Crippen molar-refractivity contribution in [3.63, 3.8) is 0 Å². The average Bonchev–Trinajstić information content (AvgIpc) is 3.77. The lowest BCUT2D eigenvalue weighted by atomic mass is 9.82. The van der Waals surface area contributed by atoms with Gasteiger partial charge in [0.1, 0.15) is 0 Å². The highest BCUT2D eigenvalue weighted by Crippen LogP contribution is 2.52. The molecule has 0 radical (unpaired) electrons. The number of anilines is 3. The van der Waals surface area contributed by atoms with E-state index in [0.29, 0.717) is 0 Å². The number of hydrogen-bond acceptors (Lipinski definition) is 1. The van der Waals surface area contributed by atoms with Crippen LogP contribution in [0.3, 0.4) is 0 Å². The van der Waals surface area contributed by atoms with Crippen LogP contribution in [0.2, 0.25) is 0 Å². The fourth-order valence-corrected chi connectivity index (χ4v) is 10.3. The Morgan fingerprint density at radius 1 is 0.361 bits per heavy atom. The predicted molar refractivity (Wildman–Crippen MR) is 259 cm³/mol. The van der Waals surface area contributed by atoms with Crippen LogP contribution in [-0.4, -0.2) is 4.57 Å². The summed E-state index contributed by atoms with van der Waals surface area (Å²) in [5, 5.41) is 7.36. The summed E-state index contributed by atoms with van der Waals surface area (Å²) in [6.07, 6.45) is 0. The fourth-order valence-electron chi connectivity index (χ4n) is 10.3. The highest BCUT2D eigenvalue weighted by molar-refractivity contribution is 6.11. The summed E-state index contributed by atoms with van der Waals surface area (Å²) in [6.45, 7) is 4.72. The summed E-state index contributed by atoms with van der Waals surface area (Å²) in [5.41, 5.74) is 17.1. The first-order valence-electron chi connectivity index (χ1n) is 21.3. The van der Waals surface area contributed by atoms with Crippen LogP contribution in [0.5, 0.6) is 0 Å². The maximum absolute atomic E-state index is 2.51. The van der Waals surface area contributed by atoms with Crippen molar-refractivity contribution in [2.45, 2.75) is 19.3 Å². The minimum Gasteiger partial charge on any atom is -0.309 e. The largest absolute Gasteiger partial charge is 0.309 e. The Labute approximate surface area is 356 Å².